The van der Waals surface area contributed by atoms with Crippen LogP contribution in [0.2, 0.25) is 0 Å². The van der Waals surface area contributed by atoms with E-state index in [9.17, 15) is 10.0 Å². The molecule has 120 valence electrons. The van der Waals surface area contributed by atoms with E-state index in [1.807, 2.05) is 0 Å². The molecule has 0 radical (unpaired) electrons. The maximum Gasteiger partial charge on any atom is 0.166 e. The van der Waals surface area contributed by atoms with Crippen molar-refractivity contribution >= 4 is 11.5 Å². The van der Waals surface area contributed by atoms with Crippen LogP contribution < -0.4 is 0 Å². The molecule has 2 heterocycles. The van der Waals surface area contributed by atoms with Crippen LogP contribution in [0, 0.1) is 5.92 Å². The van der Waals surface area contributed by atoms with Crippen LogP contribution in [0.3, 0.4) is 0 Å². The van der Waals surface area contributed by atoms with Crippen molar-refractivity contribution in [2.45, 2.75) is 45.1 Å². The smallest absolute Gasteiger partial charge is 0.166 e. The number of benzene rings is 1. The quantitative estimate of drug-likeness (QED) is 0.638. The first kappa shape index (κ1) is 14.5. The predicted octanol–water partition coefficient (Wildman–Crippen LogP) is 3.46. The number of rotatable bonds is 1. The summed E-state index contributed by atoms with van der Waals surface area (Å²) < 4.78 is 0. The Hall–Kier alpha value is -2.10. The average Bonchev–Trinajstić information content (AvgIpc) is 2.60. The second-order valence-corrected chi connectivity index (χ2v) is 6.69. The van der Waals surface area contributed by atoms with Gasteiger partial charge in [-0.05, 0) is 36.8 Å². The second-order valence-electron chi connectivity index (χ2n) is 6.69. The molecule has 23 heavy (non-hydrogen) atoms. The number of carbonyl (C=O) groups excluding carboxylic acids is 1. The Morgan fingerprint density at radius 1 is 1.26 bits per heavy atom. The highest BCUT2D eigenvalue weighted by Crippen LogP contribution is 2.47. The summed E-state index contributed by atoms with van der Waals surface area (Å²) >= 11 is 0. The fourth-order valence-electron chi connectivity index (χ4n) is 4.62. The Kier molecular flexibility index (Phi) is 3.47. The lowest BCUT2D eigenvalue weighted by Crippen LogP contribution is -2.48. The molecule has 0 saturated carbocycles. The van der Waals surface area contributed by atoms with Gasteiger partial charge in [0.25, 0.3) is 0 Å². The van der Waals surface area contributed by atoms with Gasteiger partial charge in [0.2, 0.25) is 0 Å². The van der Waals surface area contributed by atoms with Gasteiger partial charge >= 0.3 is 0 Å². The average molecular weight is 310 g/mol. The van der Waals surface area contributed by atoms with Crippen LogP contribution in [0.25, 0.3) is 0 Å². The van der Waals surface area contributed by atoms with Gasteiger partial charge in [-0.1, -0.05) is 36.3 Å². The molecular weight excluding hydrogens is 288 g/mol. The number of hydrogen-bond acceptors (Lipinski definition) is 4. The molecule has 1 aromatic rings. The molecule has 0 saturated heterocycles. The highest BCUT2D eigenvalue weighted by molar-refractivity contribution is 6.24. The molecule has 4 nitrogen and oxygen atoms in total. The van der Waals surface area contributed by atoms with Gasteiger partial charge in [-0.3, -0.25) is 4.79 Å². The third kappa shape index (κ3) is 2.04. The van der Waals surface area contributed by atoms with Crippen LogP contribution in [0.5, 0.6) is 0 Å². The number of oxime groups is 1. The lowest BCUT2D eigenvalue weighted by atomic mass is 9.72. The molecule has 0 spiro atoms. The van der Waals surface area contributed by atoms with Crippen molar-refractivity contribution in [2.24, 2.45) is 11.1 Å². The standard InChI is InChI=1S/C19H22N2O2/c1-2-13-18(20-23)17-15(8-5-9-16(17)22)21-11-10-12-6-3-4-7-14(12)19(13)21/h3-4,6-7,13,19,23H,2,5,8-11H2,1H3/b20-18-/t13-,19+/m1/s1. The summed E-state index contributed by atoms with van der Waals surface area (Å²) in [7, 11) is 0. The Labute approximate surface area is 136 Å². The summed E-state index contributed by atoms with van der Waals surface area (Å²) in [5.74, 6) is 0.219. The summed E-state index contributed by atoms with van der Waals surface area (Å²) in [5, 5.41) is 13.3. The van der Waals surface area contributed by atoms with Crippen LogP contribution in [0.4, 0.5) is 0 Å². The molecule has 1 N–H and O–H groups in total. The van der Waals surface area contributed by atoms with Gasteiger partial charge < -0.3 is 10.1 Å². The van der Waals surface area contributed by atoms with Crippen molar-refractivity contribution in [1.82, 2.24) is 4.90 Å². The lowest BCUT2D eigenvalue weighted by molar-refractivity contribution is -0.116. The minimum atomic E-state index is 0.0715. The van der Waals surface area contributed by atoms with E-state index in [0.29, 0.717) is 17.7 Å². The van der Waals surface area contributed by atoms with Crippen molar-refractivity contribution in [1.29, 1.82) is 0 Å². The number of fused-ring (bicyclic) bond motifs is 4. The van der Waals surface area contributed by atoms with Crippen LogP contribution in [0.15, 0.2) is 40.7 Å². The van der Waals surface area contributed by atoms with Crippen molar-refractivity contribution in [3.8, 4) is 0 Å². The van der Waals surface area contributed by atoms with Gasteiger partial charge in [-0.2, -0.15) is 0 Å². The van der Waals surface area contributed by atoms with Crippen molar-refractivity contribution < 1.29 is 10.0 Å². The third-order valence-electron chi connectivity index (χ3n) is 5.60. The zero-order valence-corrected chi connectivity index (χ0v) is 13.5. The van der Waals surface area contributed by atoms with Crippen molar-refractivity contribution in [3.05, 3.63) is 46.7 Å². The van der Waals surface area contributed by atoms with E-state index in [0.717, 1.165) is 37.9 Å². The number of allylic oxidation sites excluding steroid dienone is 2. The molecule has 2 atom stereocenters. The molecule has 0 unspecified atom stereocenters. The predicted molar refractivity (Wildman–Crippen MR) is 88.5 cm³/mol. The van der Waals surface area contributed by atoms with Crippen molar-refractivity contribution in [2.75, 3.05) is 6.54 Å². The first-order chi connectivity index (χ1) is 11.3. The van der Waals surface area contributed by atoms with Gasteiger partial charge in [0.05, 0.1) is 17.3 Å². The molecule has 2 aliphatic heterocycles. The molecule has 3 aliphatic rings. The van der Waals surface area contributed by atoms with Gasteiger partial charge in [0.1, 0.15) is 0 Å². The molecular formula is C19H22N2O2. The largest absolute Gasteiger partial charge is 0.411 e. The Morgan fingerprint density at radius 3 is 2.87 bits per heavy atom. The van der Waals surface area contributed by atoms with E-state index >= 15 is 0 Å². The molecule has 1 aromatic carbocycles. The summed E-state index contributed by atoms with van der Waals surface area (Å²) in [6, 6.07) is 8.76. The van der Waals surface area contributed by atoms with Gasteiger partial charge in [-0.15, -0.1) is 0 Å². The first-order valence-electron chi connectivity index (χ1n) is 8.59. The van der Waals surface area contributed by atoms with E-state index in [4.69, 9.17) is 0 Å². The Bertz CT molecular complexity index is 720. The molecule has 0 fully saturated rings. The van der Waals surface area contributed by atoms with E-state index in [1.54, 1.807) is 0 Å². The normalized spacial score (nSPS) is 28.5. The molecule has 1 aliphatic carbocycles. The van der Waals surface area contributed by atoms with E-state index in [1.165, 1.54) is 11.1 Å². The minimum absolute atomic E-state index is 0.0715. The Balaban J connectivity index is 1.93. The monoisotopic (exact) mass is 310 g/mol. The van der Waals surface area contributed by atoms with Crippen molar-refractivity contribution in [3.63, 3.8) is 0 Å². The number of carbonyl (C=O) groups is 1. The highest BCUT2D eigenvalue weighted by atomic mass is 16.4. The third-order valence-corrected chi connectivity index (χ3v) is 5.60. The van der Waals surface area contributed by atoms with E-state index in [2.05, 4.69) is 41.2 Å². The highest BCUT2D eigenvalue weighted by Gasteiger charge is 2.45. The SMILES string of the molecule is CC[C@@H]1/C(=N/O)C2=C(CCCC2=O)N2CCc3ccccc3[C@H]12. The molecule has 4 heteroatoms. The first-order valence-corrected chi connectivity index (χ1v) is 8.59. The maximum absolute atomic E-state index is 12.5. The maximum atomic E-state index is 12.5. The minimum Gasteiger partial charge on any atom is -0.411 e. The topological polar surface area (TPSA) is 52.9 Å². The number of Topliss-reactive ketones (excluding diaryl/α,β-unsaturated/α-hetero) is 1. The fraction of sp³-hybridized carbons (Fsp3) is 0.474. The van der Waals surface area contributed by atoms with Gasteiger partial charge in [0, 0.05) is 24.6 Å². The van der Waals surface area contributed by atoms with Gasteiger partial charge in [-0.25, -0.2) is 0 Å². The van der Waals surface area contributed by atoms with Crippen LogP contribution in [-0.4, -0.2) is 28.1 Å². The number of ketones is 1. The lowest BCUT2D eigenvalue weighted by Gasteiger charge is -2.49. The fourth-order valence-corrected chi connectivity index (χ4v) is 4.62. The molecule has 4 rings (SSSR count). The molecule has 0 aromatic heterocycles. The summed E-state index contributed by atoms with van der Waals surface area (Å²) in [5.41, 5.74) is 5.15. The zero-order valence-electron chi connectivity index (χ0n) is 13.5. The summed E-state index contributed by atoms with van der Waals surface area (Å²) in [6.07, 6.45) is 4.26. The molecule has 0 amide bonds. The summed E-state index contributed by atoms with van der Waals surface area (Å²) in [6.45, 7) is 3.06. The summed E-state index contributed by atoms with van der Waals surface area (Å²) in [4.78, 5) is 14.9. The van der Waals surface area contributed by atoms with Crippen LogP contribution in [-0.2, 0) is 11.2 Å². The van der Waals surface area contributed by atoms with E-state index < -0.39 is 0 Å². The van der Waals surface area contributed by atoms with Crippen LogP contribution >= 0.6 is 0 Å². The molecule has 0 bridgehead atoms. The zero-order chi connectivity index (χ0) is 16.0. The number of hydrogen-bond donors (Lipinski definition) is 1. The second kappa shape index (κ2) is 5.52. The number of nitrogens with zero attached hydrogens (tertiary/aromatic N) is 2. The van der Waals surface area contributed by atoms with E-state index in [-0.39, 0.29) is 17.7 Å². The van der Waals surface area contributed by atoms with Crippen LogP contribution in [0.1, 0.15) is 49.8 Å². The van der Waals surface area contributed by atoms with Gasteiger partial charge in [0.15, 0.2) is 5.78 Å². The Morgan fingerprint density at radius 2 is 2.09 bits per heavy atom.